The molecule has 1 fully saturated rings. The lowest BCUT2D eigenvalue weighted by Crippen LogP contribution is -2.30. The molecular formula is C25H20BrClN2O4. The monoisotopic (exact) mass is 526 g/mol. The Labute approximate surface area is 204 Å². The molecule has 0 unspecified atom stereocenters. The van der Waals surface area contributed by atoms with Crippen LogP contribution in [0.25, 0.3) is 6.08 Å². The third kappa shape index (κ3) is 5.38. The van der Waals surface area contributed by atoms with Crippen molar-refractivity contribution in [2.75, 3.05) is 11.5 Å². The zero-order valence-electron chi connectivity index (χ0n) is 17.7. The average Bonchev–Trinajstić information content (AvgIpc) is 3.08. The molecule has 1 saturated heterocycles. The van der Waals surface area contributed by atoms with Crippen LogP contribution in [0.2, 0.25) is 5.02 Å². The summed E-state index contributed by atoms with van der Waals surface area (Å²) in [5.74, 6) is 0.692. The minimum absolute atomic E-state index is 0.168. The van der Waals surface area contributed by atoms with Crippen molar-refractivity contribution in [2.45, 2.75) is 13.5 Å². The molecule has 0 aliphatic carbocycles. The number of nitrogens with zero attached hydrogens (tertiary/aromatic N) is 1. The van der Waals surface area contributed by atoms with Crippen LogP contribution in [-0.4, -0.2) is 18.5 Å². The number of carbonyl (C=O) groups excluding carboxylic acids is 2. The fourth-order valence-electron chi connectivity index (χ4n) is 3.27. The highest BCUT2D eigenvalue weighted by molar-refractivity contribution is 9.10. The van der Waals surface area contributed by atoms with E-state index >= 15 is 0 Å². The molecule has 0 radical (unpaired) electrons. The van der Waals surface area contributed by atoms with Crippen molar-refractivity contribution in [3.63, 3.8) is 0 Å². The van der Waals surface area contributed by atoms with E-state index < -0.39 is 11.9 Å². The Hall–Kier alpha value is -3.29. The molecule has 3 aromatic carbocycles. The highest BCUT2D eigenvalue weighted by Crippen LogP contribution is 2.31. The van der Waals surface area contributed by atoms with E-state index in [9.17, 15) is 9.59 Å². The molecule has 0 spiro atoms. The summed E-state index contributed by atoms with van der Waals surface area (Å²) in [6.07, 6.45) is 1.61. The van der Waals surface area contributed by atoms with E-state index in [1.165, 1.54) is 0 Å². The molecule has 3 amide bonds. The number of imide groups is 1. The third-order valence-electron chi connectivity index (χ3n) is 4.85. The summed E-state index contributed by atoms with van der Waals surface area (Å²) in [5.41, 5.74) is 2.32. The maximum absolute atomic E-state index is 12.8. The molecule has 8 heteroatoms. The number of carbonyl (C=O) groups is 2. The number of benzene rings is 3. The van der Waals surface area contributed by atoms with Crippen molar-refractivity contribution in [3.05, 3.63) is 93.0 Å². The number of rotatable bonds is 7. The van der Waals surface area contributed by atoms with E-state index in [-0.39, 0.29) is 5.70 Å². The summed E-state index contributed by atoms with van der Waals surface area (Å²) < 4.78 is 12.7. The van der Waals surface area contributed by atoms with Gasteiger partial charge in [-0.25, -0.2) is 9.69 Å². The Bertz CT molecular complexity index is 1210. The highest BCUT2D eigenvalue weighted by atomic mass is 79.9. The molecule has 3 aromatic rings. The highest BCUT2D eigenvalue weighted by Gasteiger charge is 2.34. The van der Waals surface area contributed by atoms with E-state index in [1.54, 1.807) is 48.5 Å². The minimum Gasteiger partial charge on any atom is -0.490 e. The molecule has 33 heavy (non-hydrogen) atoms. The van der Waals surface area contributed by atoms with Gasteiger partial charge in [0.1, 0.15) is 12.3 Å². The van der Waals surface area contributed by atoms with Gasteiger partial charge >= 0.3 is 6.03 Å². The van der Waals surface area contributed by atoms with Crippen LogP contribution in [0, 0.1) is 0 Å². The number of halogens is 2. The van der Waals surface area contributed by atoms with Crippen LogP contribution < -0.4 is 19.7 Å². The second-order valence-corrected chi connectivity index (χ2v) is 8.51. The van der Waals surface area contributed by atoms with Gasteiger partial charge in [-0.3, -0.25) is 4.79 Å². The van der Waals surface area contributed by atoms with Gasteiger partial charge in [-0.2, -0.15) is 0 Å². The lowest BCUT2D eigenvalue weighted by atomic mass is 10.1. The zero-order chi connectivity index (χ0) is 23.4. The van der Waals surface area contributed by atoms with Crippen LogP contribution in [0.15, 0.2) is 76.9 Å². The fourth-order valence-corrected chi connectivity index (χ4v) is 3.66. The second-order valence-electron chi connectivity index (χ2n) is 7.16. The van der Waals surface area contributed by atoms with Crippen LogP contribution in [0.4, 0.5) is 10.5 Å². The van der Waals surface area contributed by atoms with Crippen LogP contribution >= 0.6 is 27.5 Å². The molecule has 6 nitrogen and oxygen atoms in total. The standard InChI is InChI=1S/C25H20BrClN2O4/c1-2-32-23-14-17(5-12-22(23)33-15-16-3-6-18(26)7-4-16)13-21-24(30)29(25(31)28-21)20-10-8-19(27)9-11-20/h3-14H,2,15H2,1H3,(H,28,31)/b21-13+. The molecule has 0 aromatic heterocycles. The maximum atomic E-state index is 12.8. The molecule has 0 bridgehead atoms. The van der Waals surface area contributed by atoms with Gasteiger partial charge in [0.2, 0.25) is 0 Å². The largest absolute Gasteiger partial charge is 0.490 e. The molecule has 0 atom stereocenters. The van der Waals surface area contributed by atoms with Crippen LogP contribution in [0.5, 0.6) is 11.5 Å². The zero-order valence-corrected chi connectivity index (χ0v) is 20.0. The van der Waals surface area contributed by atoms with Crippen LogP contribution in [0.3, 0.4) is 0 Å². The Kier molecular flexibility index (Phi) is 7.01. The first-order valence-corrected chi connectivity index (χ1v) is 11.4. The first-order valence-electron chi connectivity index (χ1n) is 10.2. The molecule has 1 aliphatic rings. The van der Waals surface area contributed by atoms with Crippen molar-refractivity contribution >= 4 is 51.2 Å². The predicted molar refractivity (Wildman–Crippen MR) is 132 cm³/mol. The summed E-state index contributed by atoms with van der Waals surface area (Å²) in [7, 11) is 0. The Morgan fingerprint density at radius 1 is 0.970 bits per heavy atom. The quantitative estimate of drug-likeness (QED) is 0.294. The number of amides is 3. The summed E-state index contributed by atoms with van der Waals surface area (Å²) >= 11 is 9.32. The third-order valence-corrected chi connectivity index (χ3v) is 5.63. The first kappa shape index (κ1) is 22.9. The lowest BCUT2D eigenvalue weighted by molar-refractivity contribution is -0.113. The smallest absolute Gasteiger partial charge is 0.333 e. The van der Waals surface area contributed by atoms with E-state index in [2.05, 4.69) is 21.2 Å². The van der Waals surface area contributed by atoms with Crippen molar-refractivity contribution in [2.24, 2.45) is 0 Å². The van der Waals surface area contributed by atoms with E-state index in [1.807, 2.05) is 31.2 Å². The summed E-state index contributed by atoms with van der Waals surface area (Å²) in [6, 6.07) is 19.2. The topological polar surface area (TPSA) is 67.9 Å². The van der Waals surface area contributed by atoms with Crippen molar-refractivity contribution in [1.82, 2.24) is 5.32 Å². The van der Waals surface area contributed by atoms with Gasteiger partial charge in [0.05, 0.1) is 12.3 Å². The molecule has 4 rings (SSSR count). The average molecular weight is 528 g/mol. The Balaban J connectivity index is 1.54. The SMILES string of the molecule is CCOc1cc(/C=C2/NC(=O)N(c3ccc(Cl)cc3)C2=O)ccc1OCc1ccc(Br)cc1. The van der Waals surface area contributed by atoms with Gasteiger partial charge in [0, 0.05) is 9.50 Å². The van der Waals surface area contributed by atoms with Gasteiger partial charge < -0.3 is 14.8 Å². The number of anilines is 1. The normalized spacial score (nSPS) is 14.5. The summed E-state index contributed by atoms with van der Waals surface area (Å²) in [5, 5.41) is 3.14. The molecule has 0 saturated carbocycles. The lowest BCUT2D eigenvalue weighted by Gasteiger charge is -2.13. The van der Waals surface area contributed by atoms with Gasteiger partial charge in [-0.15, -0.1) is 0 Å². The van der Waals surface area contributed by atoms with Gasteiger partial charge in [0.25, 0.3) is 5.91 Å². The van der Waals surface area contributed by atoms with E-state index in [0.29, 0.717) is 41.0 Å². The van der Waals surface area contributed by atoms with Gasteiger partial charge in [-0.05, 0) is 72.7 Å². The number of urea groups is 1. The molecule has 168 valence electrons. The molecule has 1 heterocycles. The Morgan fingerprint density at radius 3 is 2.39 bits per heavy atom. The van der Waals surface area contributed by atoms with Crippen LogP contribution in [-0.2, 0) is 11.4 Å². The fraction of sp³-hybridized carbons (Fsp3) is 0.120. The Morgan fingerprint density at radius 2 is 1.70 bits per heavy atom. The second kappa shape index (κ2) is 10.1. The van der Waals surface area contributed by atoms with E-state index in [4.69, 9.17) is 21.1 Å². The number of ether oxygens (including phenoxy) is 2. The number of hydrogen-bond acceptors (Lipinski definition) is 4. The van der Waals surface area contributed by atoms with Crippen molar-refractivity contribution in [1.29, 1.82) is 0 Å². The maximum Gasteiger partial charge on any atom is 0.333 e. The number of nitrogens with one attached hydrogen (secondary N) is 1. The molecular weight excluding hydrogens is 508 g/mol. The predicted octanol–water partition coefficient (Wildman–Crippen LogP) is 6.18. The van der Waals surface area contributed by atoms with Gasteiger partial charge in [0.15, 0.2) is 11.5 Å². The summed E-state index contributed by atoms with van der Waals surface area (Å²) in [4.78, 5) is 26.3. The molecule has 1 N–H and O–H groups in total. The summed E-state index contributed by atoms with van der Waals surface area (Å²) in [6.45, 7) is 2.72. The van der Waals surface area contributed by atoms with Crippen molar-refractivity contribution in [3.8, 4) is 11.5 Å². The van der Waals surface area contributed by atoms with Gasteiger partial charge in [-0.1, -0.05) is 45.7 Å². The van der Waals surface area contributed by atoms with Crippen molar-refractivity contribution < 1.29 is 19.1 Å². The number of hydrogen-bond donors (Lipinski definition) is 1. The minimum atomic E-state index is -0.520. The van der Waals surface area contributed by atoms with E-state index in [0.717, 1.165) is 14.9 Å². The van der Waals surface area contributed by atoms with Crippen LogP contribution in [0.1, 0.15) is 18.1 Å². The molecule has 1 aliphatic heterocycles. The first-order chi connectivity index (χ1) is 15.9.